The van der Waals surface area contributed by atoms with Gasteiger partial charge in [-0.15, -0.1) is 0 Å². The Balaban J connectivity index is 2.49. The van der Waals surface area contributed by atoms with Crippen LogP contribution >= 0.6 is 0 Å². The largest absolute Gasteiger partial charge is 0.454 e. The number of ketones is 1. The molecule has 0 fully saturated rings. The summed E-state index contributed by atoms with van der Waals surface area (Å²) in [5, 5.41) is 21.1. The lowest BCUT2D eigenvalue weighted by Crippen LogP contribution is -2.17. The summed E-state index contributed by atoms with van der Waals surface area (Å²) in [7, 11) is 0. The Morgan fingerprint density at radius 2 is 2.00 bits per heavy atom. The molecule has 7 heteroatoms. The number of nitrogens with zero attached hydrogens (tertiary/aromatic N) is 1. The van der Waals surface area contributed by atoms with Crippen molar-refractivity contribution in [3.8, 4) is 11.5 Å². The van der Waals surface area contributed by atoms with Crippen molar-refractivity contribution < 1.29 is 24.3 Å². The molecule has 102 valence electrons. The highest BCUT2D eigenvalue weighted by Gasteiger charge is 2.31. The van der Waals surface area contributed by atoms with E-state index in [-0.39, 0.29) is 29.6 Å². The molecule has 2 rings (SSSR count). The van der Waals surface area contributed by atoms with Gasteiger partial charge in [0.2, 0.25) is 6.79 Å². The number of nitro benzene ring substituents is 1. The molecule has 1 aliphatic heterocycles. The second-order valence-corrected chi connectivity index (χ2v) is 4.37. The molecular weight excluding hydrogens is 254 g/mol. The fraction of sp³-hybridized carbons (Fsp3) is 0.417. The van der Waals surface area contributed by atoms with Crippen LogP contribution in [0.4, 0.5) is 5.69 Å². The van der Waals surface area contributed by atoms with Gasteiger partial charge in [0.05, 0.1) is 22.7 Å². The zero-order valence-electron chi connectivity index (χ0n) is 10.5. The Kier molecular flexibility index (Phi) is 3.39. The molecule has 0 saturated heterocycles. The summed E-state index contributed by atoms with van der Waals surface area (Å²) in [6, 6.07) is 2.55. The van der Waals surface area contributed by atoms with Crippen molar-refractivity contribution in [3.63, 3.8) is 0 Å². The van der Waals surface area contributed by atoms with Crippen molar-refractivity contribution in [2.45, 2.75) is 20.0 Å². The summed E-state index contributed by atoms with van der Waals surface area (Å²) in [5.74, 6) is -0.396. The molecule has 0 radical (unpaired) electrons. The maximum Gasteiger partial charge on any atom is 0.279 e. The second-order valence-electron chi connectivity index (χ2n) is 4.37. The first kappa shape index (κ1) is 13.3. The summed E-state index contributed by atoms with van der Waals surface area (Å²) in [4.78, 5) is 21.7. The van der Waals surface area contributed by atoms with Gasteiger partial charge in [0, 0.05) is 5.92 Å². The minimum Gasteiger partial charge on any atom is -0.454 e. The third-order valence-electron chi connectivity index (χ3n) is 3.15. The number of hydrogen-bond donors (Lipinski definition) is 1. The van der Waals surface area contributed by atoms with E-state index in [9.17, 15) is 20.0 Å². The molecule has 0 amide bonds. The van der Waals surface area contributed by atoms with Crippen LogP contribution in [0.5, 0.6) is 11.5 Å². The smallest absolute Gasteiger partial charge is 0.279 e. The van der Waals surface area contributed by atoms with Gasteiger partial charge in [0.25, 0.3) is 5.69 Å². The van der Waals surface area contributed by atoms with Gasteiger partial charge in [0.1, 0.15) is 5.78 Å². The number of Topliss-reactive ketones (excluding diaryl/α,β-unsaturated/α-hetero) is 1. The summed E-state index contributed by atoms with van der Waals surface area (Å²) in [5.41, 5.74) is -0.234. The predicted molar refractivity (Wildman–Crippen MR) is 64.0 cm³/mol. The first-order chi connectivity index (χ1) is 8.91. The van der Waals surface area contributed by atoms with Gasteiger partial charge >= 0.3 is 0 Å². The van der Waals surface area contributed by atoms with Crippen LogP contribution in [0.2, 0.25) is 0 Å². The van der Waals surface area contributed by atoms with Gasteiger partial charge in [-0.25, -0.2) is 0 Å². The van der Waals surface area contributed by atoms with Crippen molar-refractivity contribution in [1.82, 2.24) is 0 Å². The van der Waals surface area contributed by atoms with Crippen molar-refractivity contribution in [1.29, 1.82) is 0 Å². The molecule has 0 aromatic heterocycles. The number of ether oxygens (including phenoxy) is 2. The van der Waals surface area contributed by atoms with Crippen molar-refractivity contribution in [2.24, 2.45) is 5.92 Å². The summed E-state index contributed by atoms with van der Waals surface area (Å²) < 4.78 is 10.2. The quantitative estimate of drug-likeness (QED) is 0.656. The highest BCUT2D eigenvalue weighted by molar-refractivity contribution is 5.79. The highest BCUT2D eigenvalue weighted by atomic mass is 16.7. The van der Waals surface area contributed by atoms with Gasteiger partial charge in [0.15, 0.2) is 11.5 Å². The number of aliphatic hydroxyl groups is 1. The van der Waals surface area contributed by atoms with E-state index >= 15 is 0 Å². The number of fused-ring (bicyclic) bond motifs is 1. The zero-order chi connectivity index (χ0) is 14.2. The molecule has 0 bridgehead atoms. The molecule has 7 nitrogen and oxygen atoms in total. The van der Waals surface area contributed by atoms with Gasteiger partial charge in [-0.3, -0.25) is 14.9 Å². The van der Waals surface area contributed by atoms with E-state index in [1.165, 1.54) is 26.0 Å². The SMILES string of the molecule is CC(=O)C(C)C(O)c1cc2c(cc1[N+](=O)[O-])OCO2. The Labute approximate surface area is 108 Å². The highest BCUT2D eigenvalue weighted by Crippen LogP contribution is 2.41. The van der Waals surface area contributed by atoms with Crippen LogP contribution in [-0.2, 0) is 4.79 Å². The zero-order valence-corrected chi connectivity index (χ0v) is 10.5. The lowest BCUT2D eigenvalue weighted by atomic mass is 9.93. The van der Waals surface area contributed by atoms with Crippen LogP contribution < -0.4 is 9.47 Å². The normalized spacial score (nSPS) is 15.9. The molecule has 1 aromatic carbocycles. The number of hydrogen-bond acceptors (Lipinski definition) is 6. The Hall–Kier alpha value is -2.15. The van der Waals surface area contributed by atoms with Crippen LogP contribution in [0.15, 0.2) is 12.1 Å². The minimum absolute atomic E-state index is 0.0195. The fourth-order valence-corrected chi connectivity index (χ4v) is 1.83. The fourth-order valence-electron chi connectivity index (χ4n) is 1.83. The molecule has 1 heterocycles. The van der Waals surface area contributed by atoms with Crippen LogP contribution in [0.25, 0.3) is 0 Å². The predicted octanol–water partition coefficient (Wildman–Crippen LogP) is 1.58. The average Bonchev–Trinajstić information content (AvgIpc) is 2.82. The molecule has 19 heavy (non-hydrogen) atoms. The van der Waals surface area contributed by atoms with E-state index < -0.39 is 16.9 Å². The van der Waals surface area contributed by atoms with E-state index in [1.807, 2.05) is 0 Å². The number of nitro groups is 1. The molecular formula is C12H13NO6. The molecule has 1 aliphatic rings. The monoisotopic (exact) mass is 267 g/mol. The molecule has 2 atom stereocenters. The van der Waals surface area contributed by atoms with Crippen LogP contribution in [-0.4, -0.2) is 22.6 Å². The average molecular weight is 267 g/mol. The standard InChI is InChI=1S/C12H13NO6/c1-6(7(2)14)12(15)8-3-10-11(19-5-18-10)4-9(8)13(16)17/h3-4,6,12,15H,5H2,1-2H3. The van der Waals surface area contributed by atoms with E-state index in [2.05, 4.69) is 0 Å². The van der Waals surface area contributed by atoms with E-state index in [0.29, 0.717) is 5.75 Å². The van der Waals surface area contributed by atoms with Crippen molar-refractivity contribution in [3.05, 3.63) is 27.8 Å². The topological polar surface area (TPSA) is 98.9 Å². The Bertz CT molecular complexity index is 541. The number of rotatable bonds is 4. The van der Waals surface area contributed by atoms with Gasteiger partial charge < -0.3 is 14.6 Å². The molecule has 0 aliphatic carbocycles. The van der Waals surface area contributed by atoms with Crippen LogP contribution in [0, 0.1) is 16.0 Å². The van der Waals surface area contributed by atoms with Gasteiger partial charge in [-0.1, -0.05) is 6.92 Å². The summed E-state index contributed by atoms with van der Waals surface area (Å²) in [6.07, 6.45) is -1.26. The second kappa shape index (κ2) is 4.85. The number of aliphatic hydroxyl groups excluding tert-OH is 1. The molecule has 1 N–H and O–H groups in total. The Morgan fingerprint density at radius 1 is 1.42 bits per heavy atom. The number of carbonyl (C=O) groups is 1. The van der Waals surface area contributed by atoms with E-state index in [4.69, 9.17) is 9.47 Å². The molecule has 0 saturated carbocycles. The lowest BCUT2D eigenvalue weighted by molar-refractivity contribution is -0.386. The maximum absolute atomic E-state index is 11.3. The minimum atomic E-state index is -1.26. The first-order valence-electron chi connectivity index (χ1n) is 5.68. The van der Waals surface area contributed by atoms with E-state index in [0.717, 1.165) is 0 Å². The third kappa shape index (κ3) is 2.37. The van der Waals surface area contributed by atoms with Crippen LogP contribution in [0.3, 0.4) is 0 Å². The van der Waals surface area contributed by atoms with Gasteiger partial charge in [-0.2, -0.15) is 0 Å². The number of carbonyl (C=O) groups excluding carboxylic acids is 1. The molecule has 1 aromatic rings. The lowest BCUT2D eigenvalue weighted by Gasteiger charge is -2.16. The number of benzene rings is 1. The summed E-state index contributed by atoms with van der Waals surface area (Å²) in [6.45, 7) is 2.82. The first-order valence-corrected chi connectivity index (χ1v) is 5.68. The molecule has 0 spiro atoms. The van der Waals surface area contributed by atoms with E-state index in [1.54, 1.807) is 0 Å². The van der Waals surface area contributed by atoms with Crippen molar-refractivity contribution >= 4 is 11.5 Å². The van der Waals surface area contributed by atoms with Gasteiger partial charge in [-0.05, 0) is 13.0 Å². The third-order valence-corrected chi connectivity index (χ3v) is 3.15. The molecule has 2 unspecified atom stereocenters. The van der Waals surface area contributed by atoms with Crippen molar-refractivity contribution in [2.75, 3.05) is 6.79 Å². The Morgan fingerprint density at radius 3 is 2.53 bits per heavy atom. The maximum atomic E-state index is 11.3. The summed E-state index contributed by atoms with van der Waals surface area (Å²) >= 11 is 0. The van der Waals surface area contributed by atoms with Crippen LogP contribution in [0.1, 0.15) is 25.5 Å².